The van der Waals surface area contributed by atoms with E-state index in [1.165, 1.54) is 16.0 Å². The Hall–Kier alpha value is -3.66. The van der Waals surface area contributed by atoms with Gasteiger partial charge < -0.3 is 4.90 Å². The number of amides is 2. The molecule has 5 rings (SSSR count). The smallest absolute Gasteiger partial charge is 0.278 e. The highest BCUT2D eigenvalue weighted by atomic mass is 16.2. The Labute approximate surface area is 182 Å². The van der Waals surface area contributed by atoms with Crippen LogP contribution in [0.4, 0.5) is 0 Å². The van der Waals surface area contributed by atoms with Crippen LogP contribution in [0, 0.1) is 6.92 Å². The molecule has 0 bridgehead atoms. The van der Waals surface area contributed by atoms with Crippen LogP contribution in [0.15, 0.2) is 84.6 Å². The molecule has 0 aromatic heterocycles. The second kappa shape index (κ2) is 7.88. The Kier molecular flexibility index (Phi) is 4.91. The highest BCUT2D eigenvalue weighted by Gasteiger charge is 2.42. The average molecular weight is 409 g/mol. The number of fused-ring (bicyclic) bond motifs is 1. The van der Waals surface area contributed by atoms with E-state index in [-0.39, 0.29) is 18.4 Å². The molecule has 2 heterocycles. The molecule has 0 unspecified atom stereocenters. The third-order valence-electron chi connectivity index (χ3n) is 6.11. The first-order valence-electron chi connectivity index (χ1n) is 10.6. The number of carbonyl (C=O) groups is 2. The standard InChI is InChI=1S/C27H24N2O2/c1-19-11-13-22(14-12-19)24-25(28-16-15-21-9-5-6-10-23(21)18-28)27(31)29(26(24)30)17-20-7-3-2-4-8-20/h2-14H,15-18H2,1H3. The van der Waals surface area contributed by atoms with Gasteiger partial charge in [-0.15, -0.1) is 0 Å². The van der Waals surface area contributed by atoms with Gasteiger partial charge in [0.15, 0.2) is 0 Å². The highest BCUT2D eigenvalue weighted by molar-refractivity contribution is 6.35. The van der Waals surface area contributed by atoms with Crippen molar-refractivity contribution in [1.82, 2.24) is 9.80 Å². The summed E-state index contributed by atoms with van der Waals surface area (Å²) >= 11 is 0. The second-order valence-electron chi connectivity index (χ2n) is 8.21. The van der Waals surface area contributed by atoms with Crippen molar-refractivity contribution in [3.63, 3.8) is 0 Å². The minimum atomic E-state index is -0.216. The van der Waals surface area contributed by atoms with E-state index < -0.39 is 0 Å². The largest absolute Gasteiger partial charge is 0.362 e. The molecular weight excluding hydrogens is 384 g/mol. The maximum atomic E-state index is 13.6. The number of hydrogen-bond donors (Lipinski definition) is 0. The Morgan fingerprint density at radius 2 is 1.45 bits per heavy atom. The van der Waals surface area contributed by atoms with Crippen LogP contribution in [0.1, 0.15) is 27.8 Å². The van der Waals surface area contributed by atoms with Gasteiger partial charge >= 0.3 is 0 Å². The molecule has 2 aliphatic rings. The molecule has 0 radical (unpaired) electrons. The number of imide groups is 1. The maximum absolute atomic E-state index is 13.6. The fraction of sp³-hybridized carbons (Fsp3) is 0.185. The van der Waals surface area contributed by atoms with Crippen LogP contribution in [-0.2, 0) is 29.1 Å². The van der Waals surface area contributed by atoms with E-state index in [0.717, 1.165) is 29.7 Å². The number of benzene rings is 3. The Morgan fingerprint density at radius 1 is 0.774 bits per heavy atom. The molecule has 4 heteroatoms. The van der Waals surface area contributed by atoms with Gasteiger partial charge in [0, 0.05) is 13.1 Å². The molecule has 2 amide bonds. The molecule has 31 heavy (non-hydrogen) atoms. The van der Waals surface area contributed by atoms with E-state index in [0.29, 0.717) is 17.8 Å². The van der Waals surface area contributed by atoms with Crippen molar-refractivity contribution >= 4 is 17.4 Å². The van der Waals surface area contributed by atoms with Crippen LogP contribution >= 0.6 is 0 Å². The summed E-state index contributed by atoms with van der Waals surface area (Å²) in [5, 5.41) is 0. The van der Waals surface area contributed by atoms with Crippen molar-refractivity contribution in [3.05, 3.63) is 112 Å². The number of aryl methyl sites for hydroxylation is 1. The molecule has 3 aromatic carbocycles. The summed E-state index contributed by atoms with van der Waals surface area (Å²) in [7, 11) is 0. The molecule has 0 aliphatic carbocycles. The summed E-state index contributed by atoms with van der Waals surface area (Å²) in [6, 6.07) is 25.9. The quantitative estimate of drug-likeness (QED) is 0.603. The second-order valence-corrected chi connectivity index (χ2v) is 8.21. The predicted octanol–water partition coefficient (Wildman–Crippen LogP) is 4.33. The van der Waals surface area contributed by atoms with Crippen LogP contribution in [0.3, 0.4) is 0 Å². The van der Waals surface area contributed by atoms with Crippen molar-refractivity contribution in [2.24, 2.45) is 0 Å². The van der Waals surface area contributed by atoms with Crippen LogP contribution in [-0.4, -0.2) is 28.2 Å². The fourth-order valence-electron chi connectivity index (χ4n) is 4.43. The summed E-state index contributed by atoms with van der Waals surface area (Å²) in [6.07, 6.45) is 0.862. The minimum Gasteiger partial charge on any atom is -0.362 e. The molecule has 0 fully saturated rings. The average Bonchev–Trinajstić information content (AvgIpc) is 3.05. The first kappa shape index (κ1) is 19.3. The first-order chi connectivity index (χ1) is 15.1. The Bertz CT molecular complexity index is 1180. The monoisotopic (exact) mass is 408 g/mol. The molecule has 0 saturated heterocycles. The lowest BCUT2D eigenvalue weighted by atomic mass is 9.97. The van der Waals surface area contributed by atoms with Gasteiger partial charge in [-0.2, -0.15) is 0 Å². The van der Waals surface area contributed by atoms with Crippen molar-refractivity contribution in [2.45, 2.75) is 26.4 Å². The predicted molar refractivity (Wildman–Crippen MR) is 121 cm³/mol. The van der Waals surface area contributed by atoms with Crippen molar-refractivity contribution in [2.75, 3.05) is 6.54 Å². The van der Waals surface area contributed by atoms with Gasteiger partial charge in [-0.1, -0.05) is 84.4 Å². The molecule has 0 saturated carbocycles. The number of hydrogen-bond acceptors (Lipinski definition) is 3. The van der Waals surface area contributed by atoms with E-state index in [2.05, 4.69) is 23.1 Å². The van der Waals surface area contributed by atoms with Gasteiger partial charge in [0.1, 0.15) is 5.70 Å². The van der Waals surface area contributed by atoms with Crippen molar-refractivity contribution < 1.29 is 9.59 Å². The minimum absolute atomic E-state index is 0.205. The van der Waals surface area contributed by atoms with E-state index in [1.54, 1.807) is 0 Å². The van der Waals surface area contributed by atoms with Gasteiger partial charge in [-0.3, -0.25) is 14.5 Å². The molecule has 3 aromatic rings. The molecule has 0 spiro atoms. The van der Waals surface area contributed by atoms with E-state index >= 15 is 0 Å². The van der Waals surface area contributed by atoms with Crippen LogP contribution in [0.5, 0.6) is 0 Å². The van der Waals surface area contributed by atoms with Gasteiger partial charge in [-0.05, 0) is 35.6 Å². The van der Waals surface area contributed by atoms with Crippen molar-refractivity contribution in [3.8, 4) is 0 Å². The fourth-order valence-corrected chi connectivity index (χ4v) is 4.43. The molecule has 0 N–H and O–H groups in total. The summed E-state index contributed by atoms with van der Waals surface area (Å²) in [6.45, 7) is 3.66. The van der Waals surface area contributed by atoms with Crippen molar-refractivity contribution in [1.29, 1.82) is 0 Å². The van der Waals surface area contributed by atoms with Crippen LogP contribution < -0.4 is 0 Å². The van der Waals surface area contributed by atoms with Gasteiger partial charge in [-0.25, -0.2) is 0 Å². The van der Waals surface area contributed by atoms with Gasteiger partial charge in [0.25, 0.3) is 11.8 Å². The molecule has 4 nitrogen and oxygen atoms in total. The lowest BCUT2D eigenvalue weighted by Crippen LogP contribution is -2.37. The maximum Gasteiger partial charge on any atom is 0.278 e. The number of rotatable bonds is 4. The lowest BCUT2D eigenvalue weighted by Gasteiger charge is -2.31. The Balaban J connectivity index is 1.56. The normalized spacial score (nSPS) is 16.2. The van der Waals surface area contributed by atoms with Crippen LogP contribution in [0.2, 0.25) is 0 Å². The summed E-state index contributed by atoms with van der Waals surface area (Å²) < 4.78 is 0. The zero-order valence-electron chi connectivity index (χ0n) is 17.5. The van der Waals surface area contributed by atoms with E-state index in [1.807, 2.05) is 67.6 Å². The summed E-state index contributed by atoms with van der Waals surface area (Å²) in [5.74, 6) is -0.421. The third kappa shape index (κ3) is 3.55. The highest BCUT2D eigenvalue weighted by Crippen LogP contribution is 2.35. The summed E-state index contributed by atoms with van der Waals surface area (Å²) in [5.41, 5.74) is 6.43. The topological polar surface area (TPSA) is 40.6 Å². The SMILES string of the molecule is Cc1ccc(C2=C(N3CCc4ccccc4C3)C(=O)N(Cc3ccccc3)C2=O)cc1. The van der Waals surface area contributed by atoms with Gasteiger partial charge in [0.05, 0.1) is 12.1 Å². The molecular formula is C27H24N2O2. The van der Waals surface area contributed by atoms with Crippen LogP contribution in [0.25, 0.3) is 5.57 Å². The molecule has 154 valence electrons. The summed E-state index contributed by atoms with van der Waals surface area (Å²) in [4.78, 5) is 30.6. The van der Waals surface area contributed by atoms with Gasteiger partial charge in [0.2, 0.25) is 0 Å². The molecule has 0 atom stereocenters. The first-order valence-corrected chi connectivity index (χ1v) is 10.6. The van der Waals surface area contributed by atoms with E-state index in [4.69, 9.17) is 0 Å². The zero-order valence-corrected chi connectivity index (χ0v) is 17.5. The number of carbonyl (C=O) groups excluding carboxylic acids is 2. The third-order valence-corrected chi connectivity index (χ3v) is 6.11. The zero-order chi connectivity index (χ0) is 21.4. The molecule has 2 aliphatic heterocycles. The number of nitrogens with zero attached hydrogens (tertiary/aromatic N) is 2. The Morgan fingerprint density at radius 3 is 2.19 bits per heavy atom. The lowest BCUT2D eigenvalue weighted by molar-refractivity contribution is -0.138. The van der Waals surface area contributed by atoms with E-state index in [9.17, 15) is 9.59 Å².